The molecule has 1 unspecified atom stereocenters. The number of nitrogens with one attached hydrogen (secondary N) is 1. The standard InChI is InChI=1S/C15H20F3N3/c1-3-4-5-6-7-11(2)20-14-12(10-19)8-9-13(21-14)15(16,17)18/h8-9,11H,3-7H2,1-2H3,(H,20,21). The zero-order chi connectivity index (χ0) is 15.9. The Balaban J connectivity index is 2.74. The van der Waals surface area contributed by atoms with Gasteiger partial charge in [-0.2, -0.15) is 18.4 Å². The minimum absolute atomic E-state index is 0.00955. The molecular weight excluding hydrogens is 279 g/mol. The van der Waals surface area contributed by atoms with Crippen molar-refractivity contribution in [1.29, 1.82) is 5.26 Å². The van der Waals surface area contributed by atoms with E-state index in [4.69, 9.17) is 5.26 Å². The predicted octanol–water partition coefficient (Wildman–Crippen LogP) is 4.74. The van der Waals surface area contributed by atoms with Gasteiger partial charge in [-0.05, 0) is 25.5 Å². The first kappa shape index (κ1) is 17.3. The molecule has 0 spiro atoms. The van der Waals surface area contributed by atoms with E-state index in [2.05, 4.69) is 17.2 Å². The van der Waals surface area contributed by atoms with E-state index >= 15 is 0 Å². The van der Waals surface area contributed by atoms with Crippen LogP contribution in [0.5, 0.6) is 0 Å². The first-order chi connectivity index (χ1) is 9.88. The number of hydrogen-bond donors (Lipinski definition) is 1. The summed E-state index contributed by atoms with van der Waals surface area (Å²) < 4.78 is 38.0. The van der Waals surface area contributed by atoms with E-state index < -0.39 is 11.9 Å². The molecule has 1 rings (SSSR count). The number of unbranched alkanes of at least 4 members (excludes halogenated alkanes) is 3. The smallest absolute Gasteiger partial charge is 0.367 e. The van der Waals surface area contributed by atoms with Crippen LogP contribution in [0, 0.1) is 11.3 Å². The maximum Gasteiger partial charge on any atom is 0.433 e. The number of nitrogens with zero attached hydrogens (tertiary/aromatic N) is 2. The van der Waals surface area contributed by atoms with Crippen molar-refractivity contribution in [2.45, 2.75) is 58.2 Å². The Kier molecular flexibility index (Phi) is 6.47. The summed E-state index contributed by atoms with van der Waals surface area (Å²) in [4.78, 5) is 3.54. The van der Waals surface area contributed by atoms with Gasteiger partial charge in [-0.25, -0.2) is 4.98 Å². The van der Waals surface area contributed by atoms with Crippen LogP contribution in [0.2, 0.25) is 0 Å². The zero-order valence-corrected chi connectivity index (χ0v) is 12.3. The van der Waals surface area contributed by atoms with Crippen molar-refractivity contribution in [2.75, 3.05) is 5.32 Å². The van der Waals surface area contributed by atoms with Crippen LogP contribution >= 0.6 is 0 Å². The lowest BCUT2D eigenvalue weighted by molar-refractivity contribution is -0.141. The van der Waals surface area contributed by atoms with E-state index in [0.717, 1.165) is 44.2 Å². The molecule has 116 valence electrons. The quantitative estimate of drug-likeness (QED) is 0.740. The third-order valence-electron chi connectivity index (χ3n) is 3.18. The average Bonchev–Trinajstić information content (AvgIpc) is 2.42. The number of hydrogen-bond acceptors (Lipinski definition) is 3. The van der Waals surface area contributed by atoms with E-state index in [0.29, 0.717) is 0 Å². The summed E-state index contributed by atoms with van der Waals surface area (Å²) in [7, 11) is 0. The van der Waals surface area contributed by atoms with Crippen LogP contribution in [0.1, 0.15) is 57.2 Å². The van der Waals surface area contributed by atoms with Crippen LogP contribution in [0.15, 0.2) is 12.1 Å². The van der Waals surface area contributed by atoms with Crippen molar-refractivity contribution in [2.24, 2.45) is 0 Å². The van der Waals surface area contributed by atoms with Gasteiger partial charge in [-0.1, -0.05) is 32.6 Å². The molecule has 0 radical (unpaired) electrons. The average molecular weight is 299 g/mol. The molecular formula is C15H20F3N3. The molecule has 3 nitrogen and oxygen atoms in total. The Morgan fingerprint density at radius 1 is 1.29 bits per heavy atom. The summed E-state index contributed by atoms with van der Waals surface area (Å²) in [5.41, 5.74) is -0.856. The maximum atomic E-state index is 12.7. The number of nitriles is 1. The Bertz CT molecular complexity index is 492. The van der Waals surface area contributed by atoms with Gasteiger partial charge in [-0.3, -0.25) is 0 Å². The molecule has 0 amide bonds. The zero-order valence-electron chi connectivity index (χ0n) is 12.3. The molecule has 0 bridgehead atoms. The number of alkyl halides is 3. The van der Waals surface area contributed by atoms with Gasteiger partial charge in [0.25, 0.3) is 0 Å². The van der Waals surface area contributed by atoms with Crippen LogP contribution in [-0.4, -0.2) is 11.0 Å². The summed E-state index contributed by atoms with van der Waals surface area (Å²) in [6.07, 6.45) is 0.720. The molecule has 1 heterocycles. The Morgan fingerprint density at radius 2 is 2.00 bits per heavy atom. The van der Waals surface area contributed by atoms with Crippen molar-refractivity contribution in [1.82, 2.24) is 4.98 Å². The highest BCUT2D eigenvalue weighted by Gasteiger charge is 2.33. The lowest BCUT2D eigenvalue weighted by atomic mass is 10.1. The summed E-state index contributed by atoms with van der Waals surface area (Å²) in [6.45, 7) is 4.00. The van der Waals surface area contributed by atoms with Gasteiger partial charge in [0.05, 0.1) is 5.56 Å². The lowest BCUT2D eigenvalue weighted by Gasteiger charge is -2.16. The first-order valence-corrected chi connectivity index (χ1v) is 7.13. The molecule has 0 aromatic carbocycles. The first-order valence-electron chi connectivity index (χ1n) is 7.13. The van der Waals surface area contributed by atoms with Gasteiger partial charge in [-0.15, -0.1) is 0 Å². The van der Waals surface area contributed by atoms with Crippen LogP contribution in [-0.2, 0) is 6.18 Å². The largest absolute Gasteiger partial charge is 0.433 e. The van der Waals surface area contributed by atoms with E-state index in [9.17, 15) is 13.2 Å². The Morgan fingerprint density at radius 3 is 2.57 bits per heavy atom. The summed E-state index contributed by atoms with van der Waals surface area (Å²) in [6, 6.07) is 3.82. The molecule has 0 fully saturated rings. The molecule has 0 saturated carbocycles. The highest BCUT2D eigenvalue weighted by molar-refractivity contribution is 5.53. The fourth-order valence-electron chi connectivity index (χ4n) is 2.00. The molecule has 0 saturated heterocycles. The topological polar surface area (TPSA) is 48.7 Å². The molecule has 0 aliphatic carbocycles. The van der Waals surface area contributed by atoms with Crippen molar-refractivity contribution in [3.63, 3.8) is 0 Å². The highest BCUT2D eigenvalue weighted by atomic mass is 19.4. The van der Waals surface area contributed by atoms with Crippen molar-refractivity contribution in [3.05, 3.63) is 23.4 Å². The minimum atomic E-state index is -4.51. The van der Waals surface area contributed by atoms with E-state index in [-0.39, 0.29) is 17.4 Å². The van der Waals surface area contributed by atoms with Crippen molar-refractivity contribution in [3.8, 4) is 6.07 Å². The highest BCUT2D eigenvalue weighted by Crippen LogP contribution is 2.29. The fourth-order valence-corrected chi connectivity index (χ4v) is 2.00. The van der Waals surface area contributed by atoms with Crippen molar-refractivity contribution < 1.29 is 13.2 Å². The number of halogens is 3. The van der Waals surface area contributed by atoms with Gasteiger partial charge in [0.15, 0.2) is 0 Å². The van der Waals surface area contributed by atoms with Crippen LogP contribution in [0.4, 0.5) is 19.0 Å². The third-order valence-corrected chi connectivity index (χ3v) is 3.18. The van der Waals surface area contributed by atoms with Gasteiger partial charge in [0, 0.05) is 6.04 Å². The predicted molar refractivity (Wildman–Crippen MR) is 75.8 cm³/mol. The van der Waals surface area contributed by atoms with Gasteiger partial charge in [0.2, 0.25) is 0 Å². The molecule has 0 aliphatic heterocycles. The SMILES string of the molecule is CCCCCCC(C)Nc1nc(C(F)(F)F)ccc1C#N. The number of aromatic nitrogens is 1. The molecule has 21 heavy (non-hydrogen) atoms. The molecule has 1 N–H and O–H groups in total. The molecule has 1 atom stereocenters. The number of anilines is 1. The summed E-state index contributed by atoms with van der Waals surface area (Å²) >= 11 is 0. The van der Waals surface area contributed by atoms with Crippen molar-refractivity contribution >= 4 is 5.82 Å². The second-order valence-electron chi connectivity index (χ2n) is 5.10. The minimum Gasteiger partial charge on any atom is -0.367 e. The molecule has 1 aromatic rings. The van der Waals surface area contributed by atoms with Gasteiger partial charge < -0.3 is 5.32 Å². The normalized spacial score (nSPS) is 12.8. The lowest BCUT2D eigenvalue weighted by Crippen LogP contribution is -2.18. The van der Waals surface area contributed by atoms with Gasteiger partial charge >= 0.3 is 6.18 Å². The summed E-state index contributed by atoms with van der Waals surface area (Å²) in [5, 5.41) is 11.9. The van der Waals surface area contributed by atoms with E-state index in [1.54, 1.807) is 0 Å². The monoisotopic (exact) mass is 299 g/mol. The Labute approximate surface area is 123 Å². The third kappa shape index (κ3) is 5.62. The second kappa shape index (κ2) is 7.87. The second-order valence-corrected chi connectivity index (χ2v) is 5.10. The Hall–Kier alpha value is -1.77. The number of rotatable bonds is 7. The summed E-state index contributed by atoms with van der Waals surface area (Å²) in [5.74, 6) is 0.00955. The fraction of sp³-hybridized carbons (Fsp3) is 0.600. The number of pyridine rings is 1. The molecule has 0 aliphatic rings. The van der Waals surface area contributed by atoms with Crippen LogP contribution < -0.4 is 5.32 Å². The van der Waals surface area contributed by atoms with Crippen LogP contribution in [0.25, 0.3) is 0 Å². The van der Waals surface area contributed by atoms with Crippen LogP contribution in [0.3, 0.4) is 0 Å². The van der Waals surface area contributed by atoms with E-state index in [1.165, 1.54) is 0 Å². The van der Waals surface area contributed by atoms with Gasteiger partial charge in [0.1, 0.15) is 17.6 Å². The molecule has 1 aromatic heterocycles. The maximum absolute atomic E-state index is 12.7. The van der Waals surface area contributed by atoms with E-state index in [1.807, 2.05) is 13.0 Å². The molecule has 6 heteroatoms.